The Morgan fingerprint density at radius 1 is 1.35 bits per heavy atom. The molecule has 3 aromatic heterocycles. The minimum Gasteiger partial charge on any atom is -0.461 e. The Hall–Kier alpha value is -2.81. The van der Waals surface area contributed by atoms with Gasteiger partial charge < -0.3 is 4.74 Å². The van der Waals surface area contributed by atoms with Gasteiger partial charge in [-0.2, -0.15) is 5.10 Å². The minimum absolute atomic E-state index is 0.177. The standard InChI is InChI=1S/C17H19N5O3S/c1-5-25-16(24)13-8-26-17(20-13)21-15(23)12-6-11-7-18-22(9(2)3)14(11)19-10(12)4/h6-9H,5H2,1-4H3,(H,20,21,23). The summed E-state index contributed by atoms with van der Waals surface area (Å²) in [5, 5.41) is 9.70. The molecule has 0 radical (unpaired) electrons. The number of amides is 1. The van der Waals surface area contributed by atoms with Crippen molar-refractivity contribution in [3.8, 4) is 0 Å². The van der Waals surface area contributed by atoms with E-state index < -0.39 is 5.97 Å². The molecule has 26 heavy (non-hydrogen) atoms. The van der Waals surface area contributed by atoms with Gasteiger partial charge in [0.25, 0.3) is 5.91 Å². The van der Waals surface area contributed by atoms with Crippen LogP contribution in [0.1, 0.15) is 53.4 Å². The van der Waals surface area contributed by atoms with Gasteiger partial charge in [0.1, 0.15) is 0 Å². The zero-order valence-corrected chi connectivity index (χ0v) is 15.8. The average Bonchev–Trinajstić information content (AvgIpc) is 3.20. The number of nitrogens with zero attached hydrogens (tertiary/aromatic N) is 4. The Bertz CT molecular complexity index is 976. The Balaban J connectivity index is 1.84. The van der Waals surface area contributed by atoms with E-state index in [4.69, 9.17) is 4.74 Å². The van der Waals surface area contributed by atoms with E-state index in [1.807, 2.05) is 18.5 Å². The van der Waals surface area contributed by atoms with E-state index in [1.165, 1.54) is 0 Å². The molecule has 0 unspecified atom stereocenters. The number of fused-ring (bicyclic) bond motifs is 1. The van der Waals surface area contributed by atoms with Crippen molar-refractivity contribution in [3.05, 3.63) is 34.6 Å². The number of carbonyl (C=O) groups excluding carboxylic acids is 2. The highest BCUT2D eigenvalue weighted by molar-refractivity contribution is 7.14. The minimum atomic E-state index is -0.510. The van der Waals surface area contributed by atoms with Gasteiger partial charge in [-0.05, 0) is 33.8 Å². The molecule has 0 aliphatic carbocycles. The number of esters is 1. The number of nitrogens with one attached hydrogen (secondary N) is 1. The van der Waals surface area contributed by atoms with Crippen LogP contribution in [0, 0.1) is 6.92 Å². The Morgan fingerprint density at radius 2 is 2.12 bits per heavy atom. The zero-order valence-electron chi connectivity index (χ0n) is 14.9. The number of thiazole rings is 1. The molecule has 0 spiro atoms. The highest BCUT2D eigenvalue weighted by Gasteiger charge is 2.18. The molecule has 3 aromatic rings. The number of rotatable bonds is 5. The summed E-state index contributed by atoms with van der Waals surface area (Å²) >= 11 is 1.16. The zero-order chi connectivity index (χ0) is 18.8. The SMILES string of the molecule is CCOC(=O)c1csc(NC(=O)c2cc3cnn(C(C)C)c3nc2C)n1. The highest BCUT2D eigenvalue weighted by Crippen LogP contribution is 2.21. The Labute approximate surface area is 154 Å². The summed E-state index contributed by atoms with van der Waals surface area (Å²) in [6.45, 7) is 7.81. The highest BCUT2D eigenvalue weighted by atomic mass is 32.1. The predicted molar refractivity (Wildman–Crippen MR) is 98.7 cm³/mol. The second-order valence-electron chi connectivity index (χ2n) is 5.93. The third-order valence-electron chi connectivity index (χ3n) is 3.70. The van der Waals surface area contributed by atoms with Crippen LogP contribution in [0.3, 0.4) is 0 Å². The van der Waals surface area contributed by atoms with Crippen LogP contribution in [0.15, 0.2) is 17.6 Å². The normalized spacial score (nSPS) is 11.1. The van der Waals surface area contributed by atoms with E-state index >= 15 is 0 Å². The molecule has 136 valence electrons. The lowest BCUT2D eigenvalue weighted by Gasteiger charge is -2.09. The monoisotopic (exact) mass is 373 g/mol. The van der Waals surface area contributed by atoms with Gasteiger partial charge in [-0.3, -0.25) is 10.1 Å². The van der Waals surface area contributed by atoms with Crippen molar-refractivity contribution in [2.24, 2.45) is 0 Å². The quantitative estimate of drug-likeness (QED) is 0.690. The van der Waals surface area contributed by atoms with Crippen molar-refractivity contribution in [2.75, 3.05) is 11.9 Å². The lowest BCUT2D eigenvalue weighted by atomic mass is 10.1. The number of pyridine rings is 1. The summed E-state index contributed by atoms with van der Waals surface area (Å²) in [6, 6.07) is 1.94. The fourth-order valence-electron chi connectivity index (χ4n) is 2.47. The third kappa shape index (κ3) is 3.43. The number of aromatic nitrogens is 4. The van der Waals surface area contributed by atoms with Gasteiger partial charge in [0.15, 0.2) is 16.5 Å². The first-order valence-corrected chi connectivity index (χ1v) is 9.07. The summed E-state index contributed by atoms with van der Waals surface area (Å²) in [4.78, 5) is 32.9. The molecule has 3 heterocycles. The number of anilines is 1. The fourth-order valence-corrected chi connectivity index (χ4v) is 3.14. The van der Waals surface area contributed by atoms with E-state index in [-0.39, 0.29) is 24.2 Å². The second-order valence-corrected chi connectivity index (χ2v) is 6.79. The van der Waals surface area contributed by atoms with Gasteiger partial charge in [-0.25, -0.2) is 19.4 Å². The molecule has 1 amide bonds. The number of ether oxygens (including phenoxy) is 1. The van der Waals surface area contributed by atoms with Gasteiger partial charge in [0.05, 0.1) is 24.1 Å². The molecule has 0 aliphatic heterocycles. The molecule has 3 rings (SSSR count). The largest absolute Gasteiger partial charge is 0.461 e. The molecule has 0 atom stereocenters. The molecule has 0 saturated heterocycles. The number of aryl methyl sites for hydroxylation is 1. The first-order chi connectivity index (χ1) is 12.4. The first-order valence-electron chi connectivity index (χ1n) is 8.19. The van der Waals surface area contributed by atoms with Gasteiger partial charge in [0, 0.05) is 16.8 Å². The van der Waals surface area contributed by atoms with Crippen LogP contribution in [0.2, 0.25) is 0 Å². The number of hydrogen-bond acceptors (Lipinski definition) is 7. The maximum absolute atomic E-state index is 12.6. The van der Waals surface area contributed by atoms with Crippen molar-refractivity contribution in [2.45, 2.75) is 33.7 Å². The van der Waals surface area contributed by atoms with E-state index in [0.717, 1.165) is 22.4 Å². The van der Waals surface area contributed by atoms with E-state index in [9.17, 15) is 9.59 Å². The van der Waals surface area contributed by atoms with E-state index in [0.29, 0.717) is 16.4 Å². The maximum atomic E-state index is 12.6. The number of hydrogen-bond donors (Lipinski definition) is 1. The van der Waals surface area contributed by atoms with Crippen LogP contribution in [-0.4, -0.2) is 38.2 Å². The third-order valence-corrected chi connectivity index (χ3v) is 4.46. The van der Waals surface area contributed by atoms with Gasteiger partial charge in [0.2, 0.25) is 0 Å². The van der Waals surface area contributed by atoms with Crippen LogP contribution in [-0.2, 0) is 4.74 Å². The average molecular weight is 373 g/mol. The summed E-state index contributed by atoms with van der Waals surface area (Å²) in [5.74, 6) is -0.844. The molecule has 9 heteroatoms. The Morgan fingerprint density at radius 3 is 2.81 bits per heavy atom. The number of carbonyl (C=O) groups is 2. The topological polar surface area (TPSA) is 99.0 Å². The molecule has 1 N–H and O–H groups in total. The molecular formula is C17H19N5O3S. The lowest BCUT2D eigenvalue weighted by Crippen LogP contribution is -2.15. The van der Waals surface area contributed by atoms with Crippen molar-refractivity contribution < 1.29 is 14.3 Å². The smallest absolute Gasteiger partial charge is 0.357 e. The van der Waals surface area contributed by atoms with Gasteiger partial charge in [-0.1, -0.05) is 0 Å². The summed E-state index contributed by atoms with van der Waals surface area (Å²) in [5.41, 5.74) is 1.96. The van der Waals surface area contributed by atoms with Crippen molar-refractivity contribution in [3.63, 3.8) is 0 Å². The molecule has 0 aliphatic rings. The molecule has 0 saturated carbocycles. The van der Waals surface area contributed by atoms with Gasteiger partial charge >= 0.3 is 5.97 Å². The summed E-state index contributed by atoms with van der Waals surface area (Å²) < 4.78 is 6.71. The molecule has 0 fully saturated rings. The lowest BCUT2D eigenvalue weighted by molar-refractivity contribution is 0.0520. The van der Waals surface area contributed by atoms with E-state index in [2.05, 4.69) is 20.4 Å². The predicted octanol–water partition coefficient (Wildman–Crippen LogP) is 3.21. The van der Waals surface area contributed by atoms with Crippen molar-refractivity contribution >= 4 is 39.4 Å². The molecule has 0 aromatic carbocycles. The van der Waals surface area contributed by atoms with Crippen LogP contribution < -0.4 is 5.32 Å². The van der Waals surface area contributed by atoms with Crippen LogP contribution in [0.5, 0.6) is 0 Å². The molecular weight excluding hydrogens is 354 g/mol. The Kier molecular flexibility index (Phi) is 4.99. The van der Waals surface area contributed by atoms with Crippen LogP contribution in [0.25, 0.3) is 11.0 Å². The molecule has 8 nitrogen and oxygen atoms in total. The maximum Gasteiger partial charge on any atom is 0.357 e. The van der Waals surface area contributed by atoms with Crippen LogP contribution >= 0.6 is 11.3 Å². The fraction of sp³-hybridized carbons (Fsp3) is 0.353. The molecule has 0 bridgehead atoms. The second kappa shape index (κ2) is 7.20. The summed E-state index contributed by atoms with van der Waals surface area (Å²) in [6.07, 6.45) is 1.70. The van der Waals surface area contributed by atoms with Crippen LogP contribution in [0.4, 0.5) is 5.13 Å². The van der Waals surface area contributed by atoms with Crippen molar-refractivity contribution in [1.29, 1.82) is 0 Å². The first kappa shape index (κ1) is 18.0. The summed E-state index contributed by atoms with van der Waals surface area (Å²) in [7, 11) is 0. The van der Waals surface area contributed by atoms with Crippen molar-refractivity contribution in [1.82, 2.24) is 19.7 Å². The van der Waals surface area contributed by atoms with E-state index in [1.54, 1.807) is 31.5 Å². The van der Waals surface area contributed by atoms with Gasteiger partial charge in [-0.15, -0.1) is 11.3 Å².